The van der Waals surface area contributed by atoms with Crippen molar-refractivity contribution >= 4 is 0 Å². The maximum Gasteiger partial charge on any atom is 0.0844 e. The summed E-state index contributed by atoms with van der Waals surface area (Å²) in [6.07, 6.45) is 10.5. The molecule has 2 heteroatoms. The van der Waals surface area contributed by atoms with Crippen molar-refractivity contribution in [2.24, 2.45) is 17.8 Å². The molecule has 0 N–H and O–H groups in total. The van der Waals surface area contributed by atoms with Crippen molar-refractivity contribution in [1.29, 1.82) is 0 Å². The monoisotopic (exact) mass is 208 g/mol. The maximum absolute atomic E-state index is 5.67. The molecule has 2 heterocycles. The van der Waals surface area contributed by atoms with Crippen LogP contribution in [0, 0.1) is 17.8 Å². The van der Waals surface area contributed by atoms with Crippen LogP contribution in [0.15, 0.2) is 0 Å². The summed E-state index contributed by atoms with van der Waals surface area (Å²) in [4.78, 5) is 0. The number of fused-ring (bicyclic) bond motifs is 2. The van der Waals surface area contributed by atoms with Gasteiger partial charge in [-0.2, -0.15) is 0 Å². The Kier molecular flexibility index (Phi) is 1.92. The van der Waals surface area contributed by atoms with E-state index in [-0.39, 0.29) is 0 Å². The molecule has 6 atom stereocenters. The second kappa shape index (κ2) is 3.21. The first kappa shape index (κ1) is 9.00. The predicted molar refractivity (Wildman–Crippen MR) is 56.6 cm³/mol. The van der Waals surface area contributed by atoms with Crippen LogP contribution >= 0.6 is 0 Å². The van der Waals surface area contributed by atoms with Gasteiger partial charge in [0.15, 0.2) is 0 Å². The highest BCUT2D eigenvalue weighted by Gasteiger charge is 2.49. The molecule has 4 rings (SSSR count). The highest BCUT2D eigenvalue weighted by Crippen LogP contribution is 2.50. The first-order valence-electron chi connectivity index (χ1n) is 6.65. The van der Waals surface area contributed by atoms with Crippen molar-refractivity contribution in [3.05, 3.63) is 0 Å². The molecule has 0 aromatic carbocycles. The summed E-state index contributed by atoms with van der Waals surface area (Å²) in [5, 5.41) is 0. The van der Waals surface area contributed by atoms with E-state index < -0.39 is 0 Å². The molecule has 0 spiro atoms. The van der Waals surface area contributed by atoms with Crippen LogP contribution < -0.4 is 0 Å². The van der Waals surface area contributed by atoms with Gasteiger partial charge in [-0.25, -0.2) is 0 Å². The summed E-state index contributed by atoms with van der Waals surface area (Å²) < 4.78 is 11.0. The number of hydrogen-bond donors (Lipinski definition) is 0. The number of ether oxygens (including phenoxy) is 2. The van der Waals surface area contributed by atoms with Crippen LogP contribution in [0.5, 0.6) is 0 Å². The Balaban J connectivity index is 1.38. The first-order chi connectivity index (χ1) is 7.38. The van der Waals surface area contributed by atoms with Gasteiger partial charge in [-0.15, -0.1) is 0 Å². The molecular formula is C13H20O2. The molecule has 0 bridgehead atoms. The lowest BCUT2D eigenvalue weighted by molar-refractivity contribution is 0.134. The van der Waals surface area contributed by atoms with Gasteiger partial charge in [-0.1, -0.05) is 6.42 Å². The van der Waals surface area contributed by atoms with Crippen molar-refractivity contribution in [2.45, 2.75) is 56.8 Å². The second-order valence-corrected chi connectivity index (χ2v) is 6.07. The van der Waals surface area contributed by atoms with E-state index in [1.54, 1.807) is 0 Å². The van der Waals surface area contributed by atoms with E-state index in [2.05, 4.69) is 0 Å². The van der Waals surface area contributed by atoms with Gasteiger partial charge >= 0.3 is 0 Å². The highest BCUT2D eigenvalue weighted by molar-refractivity contribution is 4.98. The van der Waals surface area contributed by atoms with Crippen LogP contribution in [0.4, 0.5) is 0 Å². The van der Waals surface area contributed by atoms with Crippen LogP contribution in [0.3, 0.4) is 0 Å². The van der Waals surface area contributed by atoms with Crippen molar-refractivity contribution in [2.75, 3.05) is 6.61 Å². The summed E-state index contributed by atoms with van der Waals surface area (Å²) in [5.74, 6) is 2.96. The van der Waals surface area contributed by atoms with Gasteiger partial charge < -0.3 is 9.47 Å². The third kappa shape index (κ3) is 1.72. The number of rotatable bonds is 2. The molecule has 4 aliphatic rings. The molecule has 15 heavy (non-hydrogen) atoms. The van der Waals surface area contributed by atoms with Crippen LogP contribution in [0.2, 0.25) is 0 Å². The first-order valence-corrected chi connectivity index (χ1v) is 6.65. The average Bonchev–Trinajstić information content (AvgIpc) is 3.09. The number of hydrogen-bond acceptors (Lipinski definition) is 2. The standard InChI is InChI=1S/C13H20O2/c1-2-9-5-12-13(15-12)6-10(9)3-8(1)4-11-7-14-11/h8-13H,1-7H2. The fourth-order valence-corrected chi connectivity index (χ4v) is 4.00. The molecule has 0 radical (unpaired) electrons. The van der Waals surface area contributed by atoms with E-state index >= 15 is 0 Å². The lowest BCUT2D eigenvalue weighted by Gasteiger charge is -2.37. The zero-order valence-electron chi connectivity index (χ0n) is 9.23. The molecule has 0 aromatic heterocycles. The Morgan fingerprint density at radius 3 is 2.53 bits per heavy atom. The summed E-state index contributed by atoms with van der Waals surface area (Å²) >= 11 is 0. The lowest BCUT2D eigenvalue weighted by atomic mass is 9.67. The summed E-state index contributed by atoms with van der Waals surface area (Å²) in [7, 11) is 0. The van der Waals surface area contributed by atoms with E-state index in [0.29, 0.717) is 18.3 Å². The highest BCUT2D eigenvalue weighted by atomic mass is 16.6. The van der Waals surface area contributed by atoms with E-state index in [9.17, 15) is 0 Å². The van der Waals surface area contributed by atoms with E-state index in [0.717, 1.165) is 24.4 Å². The lowest BCUT2D eigenvalue weighted by Crippen LogP contribution is -2.31. The Bertz CT molecular complexity index is 261. The quantitative estimate of drug-likeness (QED) is 0.651. The molecular weight excluding hydrogens is 188 g/mol. The van der Waals surface area contributed by atoms with Gasteiger partial charge in [0.25, 0.3) is 0 Å². The number of epoxide rings is 2. The zero-order chi connectivity index (χ0) is 9.83. The van der Waals surface area contributed by atoms with Gasteiger partial charge in [0, 0.05) is 0 Å². The molecule has 2 saturated heterocycles. The normalized spacial score (nSPS) is 56.8. The van der Waals surface area contributed by atoms with E-state index in [1.807, 2.05) is 0 Å². The molecule has 0 aromatic rings. The third-order valence-corrected chi connectivity index (χ3v) is 5.00. The minimum absolute atomic E-state index is 0.639. The third-order valence-electron chi connectivity index (χ3n) is 5.00. The smallest absolute Gasteiger partial charge is 0.0844 e. The molecule has 6 unspecified atom stereocenters. The minimum Gasteiger partial charge on any atom is -0.373 e. The second-order valence-electron chi connectivity index (χ2n) is 6.07. The Morgan fingerprint density at radius 1 is 0.933 bits per heavy atom. The Morgan fingerprint density at radius 2 is 1.73 bits per heavy atom. The summed E-state index contributed by atoms with van der Waals surface area (Å²) in [6.45, 7) is 1.04. The van der Waals surface area contributed by atoms with Crippen molar-refractivity contribution < 1.29 is 9.47 Å². The largest absolute Gasteiger partial charge is 0.373 e. The van der Waals surface area contributed by atoms with Crippen LogP contribution in [0.1, 0.15) is 38.5 Å². The van der Waals surface area contributed by atoms with Crippen molar-refractivity contribution in [3.63, 3.8) is 0 Å². The van der Waals surface area contributed by atoms with Gasteiger partial charge in [0.1, 0.15) is 0 Å². The fraction of sp³-hybridized carbons (Fsp3) is 1.00. The summed E-state index contributed by atoms with van der Waals surface area (Å²) in [5.41, 5.74) is 0. The van der Waals surface area contributed by atoms with Crippen LogP contribution in [-0.2, 0) is 9.47 Å². The van der Waals surface area contributed by atoms with E-state index in [4.69, 9.17) is 9.47 Å². The predicted octanol–water partition coefficient (Wildman–Crippen LogP) is 2.37. The molecule has 84 valence electrons. The molecule has 2 aliphatic carbocycles. The van der Waals surface area contributed by atoms with Crippen LogP contribution in [-0.4, -0.2) is 24.9 Å². The van der Waals surface area contributed by atoms with Gasteiger partial charge in [0.05, 0.1) is 24.9 Å². The fourth-order valence-electron chi connectivity index (χ4n) is 4.00. The van der Waals surface area contributed by atoms with E-state index in [1.165, 1.54) is 38.5 Å². The van der Waals surface area contributed by atoms with Crippen molar-refractivity contribution in [3.8, 4) is 0 Å². The van der Waals surface area contributed by atoms with Gasteiger partial charge in [-0.05, 0) is 49.9 Å². The Labute approximate surface area is 91.3 Å². The summed E-state index contributed by atoms with van der Waals surface area (Å²) in [6, 6.07) is 0. The molecule has 2 saturated carbocycles. The average molecular weight is 208 g/mol. The minimum atomic E-state index is 0.639. The Hall–Kier alpha value is -0.0800. The topological polar surface area (TPSA) is 25.1 Å². The van der Waals surface area contributed by atoms with Gasteiger partial charge in [0.2, 0.25) is 0 Å². The zero-order valence-corrected chi connectivity index (χ0v) is 9.23. The molecule has 2 aliphatic heterocycles. The van der Waals surface area contributed by atoms with Crippen molar-refractivity contribution in [1.82, 2.24) is 0 Å². The molecule has 2 nitrogen and oxygen atoms in total. The maximum atomic E-state index is 5.67. The SMILES string of the molecule is C1CC2CC3OC3CC2CC1CC1CO1. The molecule has 0 amide bonds. The molecule has 4 fully saturated rings. The van der Waals surface area contributed by atoms with Crippen LogP contribution in [0.25, 0.3) is 0 Å². The van der Waals surface area contributed by atoms with Gasteiger partial charge in [-0.3, -0.25) is 0 Å².